The first-order chi connectivity index (χ1) is 12.9. The second-order valence-electron chi connectivity index (χ2n) is 6.16. The zero-order valence-corrected chi connectivity index (χ0v) is 17.7. The minimum atomic E-state index is -3.31. The van der Waals surface area contributed by atoms with E-state index in [-0.39, 0.29) is 5.75 Å². The summed E-state index contributed by atoms with van der Waals surface area (Å²) in [5.74, 6) is 1.80. The first-order valence-corrected chi connectivity index (χ1v) is 12.1. The van der Waals surface area contributed by atoms with Crippen LogP contribution in [0, 0.1) is 6.92 Å². The molecule has 0 amide bonds. The van der Waals surface area contributed by atoms with Crippen LogP contribution in [0.15, 0.2) is 46.8 Å². The third kappa shape index (κ3) is 5.85. The number of unbranched alkanes of at least 4 members (excludes halogenated alkanes) is 1. The fraction of sp³-hybridized carbons (Fsp3) is 0.316. The lowest BCUT2D eigenvalue weighted by molar-refractivity contribution is 0.415. The molecular formula is C19H22N2O3S3. The zero-order valence-electron chi connectivity index (χ0n) is 15.3. The molecule has 0 spiro atoms. The summed E-state index contributed by atoms with van der Waals surface area (Å²) in [6, 6.07) is 13.2. The van der Waals surface area contributed by atoms with Crippen LogP contribution in [0.4, 0.5) is 5.69 Å². The normalized spacial score (nSPS) is 11.6. The van der Waals surface area contributed by atoms with Crippen LogP contribution in [0.1, 0.15) is 18.4 Å². The molecule has 1 heterocycles. The summed E-state index contributed by atoms with van der Waals surface area (Å²) in [6.07, 6.45) is 1.44. The number of sulfonamides is 1. The van der Waals surface area contributed by atoms with Gasteiger partial charge in [-0.2, -0.15) is 0 Å². The van der Waals surface area contributed by atoms with Gasteiger partial charge in [-0.1, -0.05) is 23.9 Å². The highest BCUT2D eigenvalue weighted by Gasteiger charge is 2.11. The molecule has 0 saturated heterocycles. The van der Waals surface area contributed by atoms with Gasteiger partial charge in [0, 0.05) is 11.4 Å². The lowest BCUT2D eigenvalue weighted by Crippen LogP contribution is -2.16. The van der Waals surface area contributed by atoms with Crippen LogP contribution in [0.2, 0.25) is 0 Å². The van der Waals surface area contributed by atoms with E-state index in [0.29, 0.717) is 12.1 Å². The molecule has 0 saturated carbocycles. The number of hydrogen-bond acceptors (Lipinski definition) is 6. The maximum absolute atomic E-state index is 12.2. The number of methoxy groups -OCH3 is 1. The van der Waals surface area contributed by atoms with Crippen molar-refractivity contribution < 1.29 is 13.2 Å². The van der Waals surface area contributed by atoms with E-state index in [9.17, 15) is 8.42 Å². The Kier molecular flexibility index (Phi) is 6.62. The molecule has 0 aliphatic heterocycles. The third-order valence-electron chi connectivity index (χ3n) is 3.90. The van der Waals surface area contributed by atoms with E-state index in [1.165, 1.54) is 0 Å². The number of benzene rings is 2. The number of nitrogens with one attached hydrogen (secondary N) is 1. The molecule has 1 aromatic heterocycles. The number of anilines is 1. The largest absolute Gasteiger partial charge is 0.497 e. The number of nitrogens with zero attached hydrogens (tertiary/aromatic N) is 1. The SMILES string of the molecule is COc1ccc2nc(SCCCCS(=O)(=O)Nc3cccc(C)c3)sc2c1. The third-order valence-corrected chi connectivity index (χ3v) is 7.52. The number of thiazole rings is 1. The van der Waals surface area contributed by atoms with Gasteiger partial charge in [0.2, 0.25) is 10.0 Å². The smallest absolute Gasteiger partial charge is 0.232 e. The van der Waals surface area contributed by atoms with Crippen LogP contribution >= 0.6 is 23.1 Å². The van der Waals surface area contributed by atoms with Gasteiger partial charge < -0.3 is 4.74 Å². The van der Waals surface area contributed by atoms with Gasteiger partial charge in [-0.25, -0.2) is 13.4 Å². The Morgan fingerprint density at radius 1 is 1.19 bits per heavy atom. The molecule has 5 nitrogen and oxygen atoms in total. The molecule has 8 heteroatoms. The van der Waals surface area contributed by atoms with Crippen molar-refractivity contribution in [1.29, 1.82) is 0 Å². The number of fused-ring (bicyclic) bond motifs is 1. The second-order valence-corrected chi connectivity index (χ2v) is 10.4. The summed E-state index contributed by atoms with van der Waals surface area (Å²) in [4.78, 5) is 4.59. The van der Waals surface area contributed by atoms with Gasteiger partial charge in [0.1, 0.15) is 5.75 Å². The molecule has 3 aromatic rings. The number of rotatable bonds is 9. The van der Waals surface area contributed by atoms with Crippen molar-refractivity contribution in [2.24, 2.45) is 0 Å². The molecule has 0 bridgehead atoms. The first-order valence-electron chi connectivity index (χ1n) is 8.60. The van der Waals surface area contributed by atoms with Gasteiger partial charge in [-0.3, -0.25) is 4.72 Å². The molecule has 3 rings (SSSR count). The van der Waals surface area contributed by atoms with E-state index >= 15 is 0 Å². The quantitative estimate of drug-likeness (QED) is 0.391. The molecule has 1 N–H and O–H groups in total. The number of ether oxygens (including phenoxy) is 1. The Morgan fingerprint density at radius 3 is 2.81 bits per heavy atom. The van der Waals surface area contributed by atoms with Crippen LogP contribution in [-0.4, -0.2) is 32.0 Å². The molecule has 27 heavy (non-hydrogen) atoms. The van der Waals surface area contributed by atoms with Crippen LogP contribution in [0.5, 0.6) is 5.75 Å². The number of aromatic nitrogens is 1. The standard InChI is InChI=1S/C19H22N2O3S3/c1-14-6-5-7-15(12-14)21-27(22,23)11-4-3-10-25-19-20-17-9-8-16(24-2)13-18(17)26-19/h5-9,12-13,21H,3-4,10-11H2,1-2H3. The maximum atomic E-state index is 12.2. The summed E-state index contributed by atoms with van der Waals surface area (Å²) in [7, 11) is -1.66. The predicted molar refractivity (Wildman–Crippen MR) is 115 cm³/mol. The van der Waals surface area contributed by atoms with Gasteiger partial charge in [-0.15, -0.1) is 11.3 Å². The van der Waals surface area contributed by atoms with Gasteiger partial charge in [-0.05, 0) is 55.7 Å². The van der Waals surface area contributed by atoms with E-state index in [0.717, 1.165) is 38.0 Å². The van der Waals surface area contributed by atoms with Crippen molar-refractivity contribution in [3.8, 4) is 5.75 Å². The monoisotopic (exact) mass is 422 g/mol. The van der Waals surface area contributed by atoms with E-state index in [1.807, 2.05) is 43.3 Å². The van der Waals surface area contributed by atoms with E-state index in [1.54, 1.807) is 36.3 Å². The molecule has 0 aliphatic rings. The molecular weight excluding hydrogens is 400 g/mol. The fourth-order valence-corrected chi connectivity index (χ4v) is 5.90. The molecule has 0 fully saturated rings. The van der Waals surface area contributed by atoms with E-state index in [2.05, 4.69) is 9.71 Å². The number of hydrogen-bond donors (Lipinski definition) is 1. The van der Waals surface area contributed by atoms with Crippen LogP contribution in [-0.2, 0) is 10.0 Å². The molecule has 0 aliphatic carbocycles. The molecule has 0 radical (unpaired) electrons. The lowest BCUT2D eigenvalue weighted by atomic mass is 10.2. The van der Waals surface area contributed by atoms with Crippen LogP contribution < -0.4 is 9.46 Å². The predicted octanol–water partition coefficient (Wildman–Crippen LogP) is 4.93. The van der Waals surface area contributed by atoms with Gasteiger partial charge in [0.15, 0.2) is 4.34 Å². The summed E-state index contributed by atoms with van der Waals surface area (Å²) in [5, 5.41) is 0. The van der Waals surface area contributed by atoms with Crippen LogP contribution in [0.3, 0.4) is 0 Å². The van der Waals surface area contributed by atoms with Crippen molar-refractivity contribution in [1.82, 2.24) is 4.98 Å². The lowest BCUT2D eigenvalue weighted by Gasteiger charge is -2.08. The Balaban J connectivity index is 1.44. The molecule has 0 atom stereocenters. The highest BCUT2D eigenvalue weighted by Crippen LogP contribution is 2.32. The Hall–Kier alpha value is -1.77. The second kappa shape index (κ2) is 8.95. The Morgan fingerprint density at radius 2 is 2.04 bits per heavy atom. The molecule has 2 aromatic carbocycles. The summed E-state index contributed by atoms with van der Waals surface area (Å²) < 4.78 is 34.3. The van der Waals surface area contributed by atoms with Gasteiger partial charge >= 0.3 is 0 Å². The summed E-state index contributed by atoms with van der Waals surface area (Å²) in [5.41, 5.74) is 2.61. The van der Waals surface area contributed by atoms with Gasteiger partial charge in [0.05, 0.1) is 23.1 Å². The Bertz CT molecular complexity index is 1020. The highest BCUT2D eigenvalue weighted by atomic mass is 32.2. The minimum Gasteiger partial charge on any atom is -0.497 e. The molecule has 144 valence electrons. The fourth-order valence-electron chi connectivity index (χ4n) is 2.57. The van der Waals surface area contributed by atoms with Crippen molar-refractivity contribution in [3.63, 3.8) is 0 Å². The number of thioether (sulfide) groups is 1. The Labute approximate surface area is 168 Å². The average molecular weight is 423 g/mol. The zero-order chi connectivity index (χ0) is 19.3. The minimum absolute atomic E-state index is 0.124. The summed E-state index contributed by atoms with van der Waals surface area (Å²) >= 11 is 3.30. The first kappa shape index (κ1) is 20.0. The van der Waals surface area contributed by atoms with Crippen LogP contribution in [0.25, 0.3) is 10.2 Å². The molecule has 0 unspecified atom stereocenters. The topological polar surface area (TPSA) is 68.3 Å². The van der Waals surface area contributed by atoms with Gasteiger partial charge in [0.25, 0.3) is 0 Å². The van der Waals surface area contributed by atoms with E-state index in [4.69, 9.17) is 4.74 Å². The van der Waals surface area contributed by atoms with E-state index < -0.39 is 10.0 Å². The van der Waals surface area contributed by atoms with Crippen molar-refractivity contribution in [2.75, 3.05) is 23.3 Å². The maximum Gasteiger partial charge on any atom is 0.232 e. The number of aryl methyl sites for hydroxylation is 1. The van der Waals surface area contributed by atoms with Crippen molar-refractivity contribution in [3.05, 3.63) is 48.0 Å². The summed E-state index contributed by atoms with van der Waals surface area (Å²) in [6.45, 7) is 1.94. The van der Waals surface area contributed by atoms with Crippen molar-refractivity contribution >= 4 is 49.0 Å². The van der Waals surface area contributed by atoms with Crippen molar-refractivity contribution in [2.45, 2.75) is 24.1 Å². The highest BCUT2D eigenvalue weighted by molar-refractivity contribution is 8.01. The average Bonchev–Trinajstić information content (AvgIpc) is 3.02.